The Bertz CT molecular complexity index is 912. The van der Waals surface area contributed by atoms with E-state index >= 15 is 0 Å². The fourth-order valence-electron chi connectivity index (χ4n) is 2.41. The normalized spacial score (nSPS) is 11.3. The molecule has 0 saturated carbocycles. The van der Waals surface area contributed by atoms with Gasteiger partial charge in [0.15, 0.2) is 0 Å². The zero-order chi connectivity index (χ0) is 18.9. The zero-order valence-corrected chi connectivity index (χ0v) is 14.6. The fraction of sp³-hybridized carbons (Fsp3) is 0.353. The number of carbonyl (C=O) groups is 2. The third-order valence-electron chi connectivity index (χ3n) is 3.39. The summed E-state index contributed by atoms with van der Waals surface area (Å²) < 4.78 is 24.8. The summed E-state index contributed by atoms with van der Waals surface area (Å²) in [5.41, 5.74) is 0.707. The van der Waals surface area contributed by atoms with Gasteiger partial charge >= 0.3 is 12.1 Å². The molecule has 1 aromatic heterocycles. The van der Waals surface area contributed by atoms with Crippen molar-refractivity contribution in [2.24, 2.45) is 0 Å². The SMILES string of the molecule is COC(=O)c1c(C)n(NC(=O)OC(C)(C)C)c(=O)c2c(F)cccc12. The van der Waals surface area contributed by atoms with Gasteiger partial charge in [-0.15, -0.1) is 0 Å². The van der Waals surface area contributed by atoms with Crippen molar-refractivity contribution in [3.8, 4) is 0 Å². The van der Waals surface area contributed by atoms with E-state index in [1.54, 1.807) is 20.8 Å². The average Bonchev–Trinajstić information content (AvgIpc) is 2.49. The van der Waals surface area contributed by atoms with Gasteiger partial charge in [-0.05, 0) is 33.8 Å². The lowest BCUT2D eigenvalue weighted by Gasteiger charge is -2.22. The largest absolute Gasteiger partial charge is 0.465 e. The molecule has 0 fully saturated rings. The van der Waals surface area contributed by atoms with Crippen molar-refractivity contribution < 1.29 is 23.5 Å². The number of aromatic nitrogens is 1. The highest BCUT2D eigenvalue weighted by Gasteiger charge is 2.24. The fourth-order valence-corrected chi connectivity index (χ4v) is 2.41. The Kier molecular flexibility index (Phi) is 4.82. The van der Waals surface area contributed by atoms with Crippen LogP contribution in [0.5, 0.6) is 0 Å². The second kappa shape index (κ2) is 6.54. The van der Waals surface area contributed by atoms with Crippen molar-refractivity contribution in [2.75, 3.05) is 12.5 Å². The molecule has 0 aliphatic carbocycles. The lowest BCUT2D eigenvalue weighted by Crippen LogP contribution is -2.39. The number of hydrogen-bond donors (Lipinski definition) is 1. The van der Waals surface area contributed by atoms with Crippen molar-refractivity contribution in [1.29, 1.82) is 0 Å². The molecule has 0 atom stereocenters. The maximum absolute atomic E-state index is 14.2. The molecule has 1 N–H and O–H groups in total. The molecule has 0 saturated heterocycles. The number of pyridine rings is 1. The monoisotopic (exact) mass is 350 g/mol. The molecule has 0 bridgehead atoms. The molecule has 0 spiro atoms. The molecule has 0 radical (unpaired) electrons. The number of fused-ring (bicyclic) bond motifs is 1. The molecule has 134 valence electrons. The Morgan fingerprint density at radius 1 is 1.24 bits per heavy atom. The zero-order valence-electron chi connectivity index (χ0n) is 14.6. The summed E-state index contributed by atoms with van der Waals surface area (Å²) in [6.07, 6.45) is -0.913. The maximum atomic E-state index is 14.2. The van der Waals surface area contributed by atoms with E-state index in [1.807, 2.05) is 0 Å². The lowest BCUT2D eigenvalue weighted by atomic mass is 10.0. The van der Waals surface area contributed by atoms with Crippen LogP contribution < -0.4 is 11.0 Å². The van der Waals surface area contributed by atoms with Gasteiger partial charge in [-0.3, -0.25) is 4.79 Å². The molecule has 0 aliphatic heterocycles. The smallest absolute Gasteiger partial charge is 0.427 e. The average molecular weight is 350 g/mol. The van der Waals surface area contributed by atoms with Crippen LogP contribution in [0.25, 0.3) is 10.8 Å². The molecule has 7 nitrogen and oxygen atoms in total. The number of esters is 1. The molecule has 25 heavy (non-hydrogen) atoms. The molecule has 1 amide bonds. The predicted octanol–water partition coefficient (Wildman–Crippen LogP) is 2.71. The van der Waals surface area contributed by atoms with E-state index < -0.39 is 29.0 Å². The predicted molar refractivity (Wildman–Crippen MR) is 89.8 cm³/mol. The van der Waals surface area contributed by atoms with Crippen molar-refractivity contribution in [2.45, 2.75) is 33.3 Å². The minimum atomic E-state index is -0.913. The van der Waals surface area contributed by atoms with Crippen LogP contribution >= 0.6 is 0 Å². The first-order valence-electron chi connectivity index (χ1n) is 7.49. The Morgan fingerprint density at radius 2 is 1.88 bits per heavy atom. The Hall–Kier alpha value is -2.90. The molecular formula is C17H19FN2O5. The first kappa shape index (κ1) is 18.4. The number of halogens is 1. The number of hydrogen-bond acceptors (Lipinski definition) is 5. The van der Waals surface area contributed by atoms with Gasteiger partial charge in [0.2, 0.25) is 0 Å². The van der Waals surface area contributed by atoms with E-state index in [9.17, 15) is 18.8 Å². The minimum Gasteiger partial charge on any atom is -0.465 e. The van der Waals surface area contributed by atoms with Crippen LogP contribution in [0.3, 0.4) is 0 Å². The first-order chi connectivity index (χ1) is 11.6. The maximum Gasteiger partial charge on any atom is 0.427 e. The summed E-state index contributed by atoms with van der Waals surface area (Å²) >= 11 is 0. The van der Waals surface area contributed by atoms with E-state index in [0.717, 1.165) is 10.7 Å². The summed E-state index contributed by atoms with van der Waals surface area (Å²) in [4.78, 5) is 36.8. The number of methoxy groups -OCH3 is 1. The van der Waals surface area contributed by atoms with Gasteiger partial charge < -0.3 is 9.47 Å². The summed E-state index contributed by atoms with van der Waals surface area (Å²) in [6.45, 7) is 6.40. The van der Waals surface area contributed by atoms with E-state index in [-0.39, 0.29) is 22.0 Å². The second-order valence-corrected chi connectivity index (χ2v) is 6.37. The molecule has 0 aliphatic rings. The van der Waals surface area contributed by atoms with Gasteiger partial charge in [0.05, 0.1) is 23.8 Å². The second-order valence-electron chi connectivity index (χ2n) is 6.37. The van der Waals surface area contributed by atoms with Crippen LogP contribution in [0.1, 0.15) is 36.8 Å². The topological polar surface area (TPSA) is 86.6 Å². The van der Waals surface area contributed by atoms with E-state index in [0.29, 0.717) is 0 Å². The highest BCUT2D eigenvalue weighted by molar-refractivity contribution is 6.05. The van der Waals surface area contributed by atoms with Gasteiger partial charge in [-0.2, -0.15) is 0 Å². The number of benzene rings is 1. The first-order valence-corrected chi connectivity index (χ1v) is 7.49. The van der Waals surface area contributed by atoms with Gasteiger partial charge in [-0.25, -0.2) is 24.1 Å². The van der Waals surface area contributed by atoms with E-state index in [4.69, 9.17) is 9.47 Å². The summed E-state index contributed by atoms with van der Waals surface area (Å²) in [7, 11) is 1.17. The van der Waals surface area contributed by atoms with Gasteiger partial charge in [-0.1, -0.05) is 12.1 Å². The number of nitrogens with zero attached hydrogens (tertiary/aromatic N) is 1. The number of ether oxygens (including phenoxy) is 2. The van der Waals surface area contributed by atoms with Crippen LogP contribution in [-0.4, -0.2) is 29.4 Å². The van der Waals surface area contributed by atoms with E-state index in [2.05, 4.69) is 5.43 Å². The number of carbonyl (C=O) groups excluding carboxylic acids is 2. The third kappa shape index (κ3) is 3.62. The molecule has 8 heteroatoms. The van der Waals surface area contributed by atoms with Crippen LogP contribution in [0.2, 0.25) is 0 Å². The quantitative estimate of drug-likeness (QED) is 0.842. The molecule has 2 aromatic rings. The summed E-state index contributed by atoms with van der Waals surface area (Å²) in [5, 5.41) is -0.221. The Balaban J connectivity index is 2.73. The molecule has 1 heterocycles. The van der Waals surface area contributed by atoms with Gasteiger partial charge in [0.1, 0.15) is 11.4 Å². The van der Waals surface area contributed by atoms with Crippen molar-refractivity contribution >= 4 is 22.8 Å². The highest BCUT2D eigenvalue weighted by atomic mass is 19.1. The summed E-state index contributed by atoms with van der Waals surface area (Å²) in [6, 6.07) is 3.92. The lowest BCUT2D eigenvalue weighted by molar-refractivity contribution is 0.0587. The Morgan fingerprint density at radius 3 is 2.44 bits per heavy atom. The van der Waals surface area contributed by atoms with Crippen LogP contribution in [-0.2, 0) is 9.47 Å². The molecule has 2 rings (SSSR count). The molecular weight excluding hydrogens is 331 g/mol. The van der Waals surface area contributed by atoms with Crippen LogP contribution in [0.15, 0.2) is 23.0 Å². The van der Waals surface area contributed by atoms with Gasteiger partial charge in [0, 0.05) is 5.39 Å². The number of amides is 1. The highest BCUT2D eigenvalue weighted by Crippen LogP contribution is 2.22. The standard InChI is InChI=1S/C17H19FN2O5/c1-9-12(15(22)24-5)10-7-6-8-11(18)13(10)14(21)20(9)19-16(23)25-17(2,3)4/h6-8H,1-5H3,(H,19,23). The summed E-state index contributed by atoms with van der Waals surface area (Å²) in [5.74, 6) is -1.57. The Labute approximate surface area is 143 Å². The van der Waals surface area contributed by atoms with E-state index in [1.165, 1.54) is 26.2 Å². The van der Waals surface area contributed by atoms with Crippen molar-refractivity contribution in [1.82, 2.24) is 4.68 Å². The molecule has 0 unspecified atom stereocenters. The molecule has 1 aromatic carbocycles. The van der Waals surface area contributed by atoms with Crippen molar-refractivity contribution in [3.05, 3.63) is 45.6 Å². The van der Waals surface area contributed by atoms with Crippen LogP contribution in [0.4, 0.5) is 9.18 Å². The van der Waals surface area contributed by atoms with Gasteiger partial charge in [0.25, 0.3) is 5.56 Å². The number of nitrogens with one attached hydrogen (secondary N) is 1. The van der Waals surface area contributed by atoms with Crippen molar-refractivity contribution in [3.63, 3.8) is 0 Å². The number of rotatable bonds is 2. The third-order valence-corrected chi connectivity index (χ3v) is 3.39. The minimum absolute atomic E-state index is 0.0207. The van der Waals surface area contributed by atoms with Crippen LogP contribution in [0, 0.1) is 12.7 Å².